The number of hydrogen-bond acceptors (Lipinski definition) is 3. The Balaban J connectivity index is 1.59. The van der Waals surface area contributed by atoms with Gasteiger partial charge in [-0.1, -0.05) is 6.92 Å². The number of likely N-dealkylation sites (tertiary alicyclic amines) is 1. The van der Waals surface area contributed by atoms with Crippen LogP contribution in [0.4, 0.5) is 0 Å². The molecule has 100 valence electrons. The fourth-order valence-electron chi connectivity index (χ4n) is 2.78. The lowest BCUT2D eigenvalue weighted by Gasteiger charge is -2.36. The van der Waals surface area contributed by atoms with Crippen LogP contribution in [0.25, 0.3) is 0 Å². The molecule has 0 amide bonds. The topological polar surface area (TPSA) is 18.5 Å². The minimum absolute atomic E-state index is 0.798. The normalized spacial score (nSPS) is 25.4. The van der Waals surface area contributed by atoms with Gasteiger partial charge in [-0.15, -0.1) is 0 Å². The highest BCUT2D eigenvalue weighted by Crippen LogP contribution is 2.19. The van der Waals surface area contributed by atoms with Crippen LogP contribution in [0.5, 0.6) is 0 Å². The standard InChI is InChI=1S/C14H29N3/c1-12(10-15-13-4-5-13)11-17-8-6-14(7-9-17)16(2)3/h12-15H,4-11H2,1-3H3. The van der Waals surface area contributed by atoms with Crippen molar-refractivity contribution in [1.29, 1.82) is 0 Å². The minimum Gasteiger partial charge on any atom is -0.314 e. The zero-order valence-corrected chi connectivity index (χ0v) is 11.8. The van der Waals surface area contributed by atoms with E-state index in [2.05, 4.69) is 36.1 Å². The fourth-order valence-corrected chi connectivity index (χ4v) is 2.78. The van der Waals surface area contributed by atoms with Crippen LogP contribution < -0.4 is 5.32 Å². The quantitative estimate of drug-likeness (QED) is 0.756. The Labute approximate surface area is 107 Å². The first-order valence-electron chi connectivity index (χ1n) is 7.27. The van der Waals surface area contributed by atoms with E-state index in [1.165, 1.54) is 51.9 Å². The van der Waals surface area contributed by atoms with E-state index in [0.29, 0.717) is 0 Å². The van der Waals surface area contributed by atoms with E-state index in [-0.39, 0.29) is 0 Å². The summed E-state index contributed by atoms with van der Waals surface area (Å²) in [6.07, 6.45) is 5.49. The molecular weight excluding hydrogens is 210 g/mol. The van der Waals surface area contributed by atoms with Crippen LogP contribution in [0.15, 0.2) is 0 Å². The van der Waals surface area contributed by atoms with Gasteiger partial charge >= 0.3 is 0 Å². The van der Waals surface area contributed by atoms with Crippen LogP contribution in [0, 0.1) is 5.92 Å². The van der Waals surface area contributed by atoms with Gasteiger partial charge in [0.05, 0.1) is 0 Å². The van der Waals surface area contributed by atoms with Crippen molar-refractivity contribution in [1.82, 2.24) is 15.1 Å². The number of hydrogen-bond donors (Lipinski definition) is 1. The molecule has 1 aliphatic carbocycles. The fraction of sp³-hybridized carbons (Fsp3) is 1.00. The Bertz CT molecular complexity index is 218. The van der Waals surface area contributed by atoms with E-state index >= 15 is 0 Å². The summed E-state index contributed by atoms with van der Waals surface area (Å²) in [5.74, 6) is 0.798. The van der Waals surface area contributed by atoms with Crippen molar-refractivity contribution in [3.63, 3.8) is 0 Å². The zero-order chi connectivity index (χ0) is 12.3. The van der Waals surface area contributed by atoms with Crippen molar-refractivity contribution in [2.75, 3.05) is 40.3 Å². The third-order valence-electron chi connectivity index (χ3n) is 4.19. The highest BCUT2D eigenvalue weighted by Gasteiger charge is 2.23. The maximum atomic E-state index is 3.64. The Morgan fingerprint density at radius 3 is 2.35 bits per heavy atom. The van der Waals surface area contributed by atoms with E-state index in [4.69, 9.17) is 0 Å². The molecule has 1 saturated heterocycles. The summed E-state index contributed by atoms with van der Waals surface area (Å²) < 4.78 is 0. The monoisotopic (exact) mass is 239 g/mol. The second kappa shape index (κ2) is 6.17. The molecule has 3 heteroatoms. The SMILES string of the molecule is CC(CNC1CC1)CN1CCC(N(C)C)CC1. The van der Waals surface area contributed by atoms with Crippen molar-refractivity contribution in [2.45, 2.75) is 44.7 Å². The third-order valence-corrected chi connectivity index (χ3v) is 4.19. The van der Waals surface area contributed by atoms with E-state index in [1.54, 1.807) is 0 Å². The molecule has 1 N–H and O–H groups in total. The van der Waals surface area contributed by atoms with Crippen molar-refractivity contribution < 1.29 is 0 Å². The molecule has 2 aliphatic rings. The van der Waals surface area contributed by atoms with Crippen molar-refractivity contribution >= 4 is 0 Å². The lowest BCUT2D eigenvalue weighted by molar-refractivity contribution is 0.132. The smallest absolute Gasteiger partial charge is 0.0113 e. The molecule has 0 aromatic rings. The van der Waals surface area contributed by atoms with Gasteiger partial charge in [-0.3, -0.25) is 0 Å². The maximum absolute atomic E-state index is 3.64. The van der Waals surface area contributed by atoms with Gasteiger partial charge in [-0.2, -0.15) is 0 Å². The van der Waals surface area contributed by atoms with Gasteiger partial charge in [0, 0.05) is 18.6 Å². The van der Waals surface area contributed by atoms with Crippen LogP contribution in [-0.4, -0.2) is 62.2 Å². The number of nitrogens with one attached hydrogen (secondary N) is 1. The maximum Gasteiger partial charge on any atom is 0.0113 e. The lowest BCUT2D eigenvalue weighted by Crippen LogP contribution is -2.44. The number of rotatable bonds is 6. The van der Waals surface area contributed by atoms with E-state index in [0.717, 1.165) is 18.0 Å². The average molecular weight is 239 g/mol. The summed E-state index contributed by atoms with van der Waals surface area (Å²) in [4.78, 5) is 5.04. The number of piperidine rings is 1. The molecule has 1 heterocycles. The third kappa shape index (κ3) is 4.57. The highest BCUT2D eigenvalue weighted by molar-refractivity contribution is 4.82. The second-order valence-corrected chi connectivity index (χ2v) is 6.28. The number of nitrogens with zero attached hydrogens (tertiary/aromatic N) is 2. The van der Waals surface area contributed by atoms with Gasteiger partial charge < -0.3 is 15.1 Å². The molecule has 1 unspecified atom stereocenters. The van der Waals surface area contributed by atoms with Crippen LogP contribution in [0.1, 0.15) is 32.6 Å². The van der Waals surface area contributed by atoms with Gasteiger partial charge in [0.25, 0.3) is 0 Å². The first kappa shape index (κ1) is 13.3. The van der Waals surface area contributed by atoms with Crippen molar-refractivity contribution in [3.05, 3.63) is 0 Å². The van der Waals surface area contributed by atoms with Gasteiger partial charge in [-0.05, 0) is 65.3 Å². The first-order valence-corrected chi connectivity index (χ1v) is 7.27. The molecule has 3 nitrogen and oxygen atoms in total. The molecule has 0 bridgehead atoms. The lowest BCUT2D eigenvalue weighted by atomic mass is 10.0. The summed E-state index contributed by atoms with van der Waals surface area (Å²) in [5, 5.41) is 3.64. The Morgan fingerprint density at radius 1 is 1.18 bits per heavy atom. The van der Waals surface area contributed by atoms with E-state index in [1.807, 2.05) is 0 Å². The zero-order valence-electron chi connectivity index (χ0n) is 11.8. The Morgan fingerprint density at radius 2 is 1.82 bits per heavy atom. The summed E-state index contributed by atoms with van der Waals surface area (Å²) in [6, 6.07) is 1.67. The molecule has 0 aromatic heterocycles. The first-order chi connectivity index (χ1) is 8.15. The van der Waals surface area contributed by atoms with Gasteiger partial charge in [0.1, 0.15) is 0 Å². The minimum atomic E-state index is 0.798. The van der Waals surface area contributed by atoms with Crippen LogP contribution in [-0.2, 0) is 0 Å². The summed E-state index contributed by atoms with van der Waals surface area (Å²) >= 11 is 0. The largest absolute Gasteiger partial charge is 0.314 e. The Hall–Kier alpha value is -0.120. The molecule has 0 aromatic carbocycles. The van der Waals surface area contributed by atoms with E-state index < -0.39 is 0 Å². The van der Waals surface area contributed by atoms with Gasteiger partial charge in [0.15, 0.2) is 0 Å². The molecule has 0 spiro atoms. The van der Waals surface area contributed by atoms with Gasteiger partial charge in [0.2, 0.25) is 0 Å². The predicted molar refractivity (Wildman–Crippen MR) is 73.3 cm³/mol. The van der Waals surface area contributed by atoms with E-state index in [9.17, 15) is 0 Å². The van der Waals surface area contributed by atoms with Crippen LogP contribution in [0.3, 0.4) is 0 Å². The molecule has 1 saturated carbocycles. The van der Waals surface area contributed by atoms with Crippen molar-refractivity contribution in [3.8, 4) is 0 Å². The molecule has 1 atom stereocenters. The average Bonchev–Trinajstić information content (AvgIpc) is 3.11. The molecule has 1 aliphatic heterocycles. The molecule has 2 rings (SSSR count). The summed E-state index contributed by atoms with van der Waals surface area (Å²) in [7, 11) is 4.42. The van der Waals surface area contributed by atoms with Gasteiger partial charge in [-0.25, -0.2) is 0 Å². The molecule has 0 radical (unpaired) electrons. The summed E-state index contributed by atoms with van der Waals surface area (Å²) in [6.45, 7) is 7.44. The predicted octanol–water partition coefficient (Wildman–Crippen LogP) is 1.40. The van der Waals surface area contributed by atoms with Crippen molar-refractivity contribution in [2.24, 2.45) is 5.92 Å². The summed E-state index contributed by atoms with van der Waals surface area (Å²) in [5.41, 5.74) is 0. The molecular formula is C14H29N3. The van der Waals surface area contributed by atoms with Crippen LogP contribution in [0.2, 0.25) is 0 Å². The molecule has 2 fully saturated rings. The second-order valence-electron chi connectivity index (χ2n) is 6.28. The van der Waals surface area contributed by atoms with Crippen LogP contribution >= 0.6 is 0 Å². The molecule has 17 heavy (non-hydrogen) atoms. The highest BCUT2D eigenvalue weighted by atomic mass is 15.2. The Kier molecular flexibility index (Phi) is 4.83.